The van der Waals surface area contributed by atoms with E-state index in [-0.39, 0.29) is 18.4 Å². The summed E-state index contributed by atoms with van der Waals surface area (Å²) in [4.78, 5) is 25.2. The van der Waals surface area contributed by atoms with Crippen LogP contribution in [0.25, 0.3) is 0 Å². The van der Waals surface area contributed by atoms with E-state index in [4.69, 9.17) is 11.6 Å². The zero-order valence-corrected chi connectivity index (χ0v) is 15.1. The number of nitrogens with one attached hydrogen (secondary N) is 2. The van der Waals surface area contributed by atoms with Crippen LogP contribution >= 0.6 is 11.6 Å². The van der Waals surface area contributed by atoms with Crippen LogP contribution in [-0.4, -0.2) is 37.4 Å². The fourth-order valence-electron chi connectivity index (χ4n) is 2.22. The number of carbonyl (C=O) groups is 2. The van der Waals surface area contributed by atoms with Crippen molar-refractivity contribution in [3.63, 3.8) is 0 Å². The van der Waals surface area contributed by atoms with Crippen LogP contribution in [0.1, 0.15) is 12.0 Å². The number of hydrogen-bond donors (Lipinski definition) is 2. The summed E-state index contributed by atoms with van der Waals surface area (Å²) in [5.41, 5.74) is 2.58. The summed E-state index contributed by atoms with van der Waals surface area (Å²) in [5.74, 6) is -0.0417. The Morgan fingerprint density at radius 2 is 1.76 bits per heavy atom. The van der Waals surface area contributed by atoms with E-state index in [1.807, 2.05) is 36.4 Å². The van der Waals surface area contributed by atoms with Crippen molar-refractivity contribution in [2.24, 2.45) is 0 Å². The number of hydrogen-bond acceptors (Lipinski definition) is 3. The maximum atomic E-state index is 12.0. The van der Waals surface area contributed by atoms with Crippen molar-refractivity contribution < 1.29 is 9.59 Å². The Morgan fingerprint density at radius 1 is 1.04 bits per heavy atom. The molecule has 2 aromatic carbocycles. The summed E-state index contributed by atoms with van der Waals surface area (Å²) in [6.07, 6.45) is 1.16. The van der Waals surface area contributed by atoms with Crippen molar-refractivity contribution in [2.75, 3.05) is 31.3 Å². The molecule has 0 aliphatic rings. The predicted molar refractivity (Wildman–Crippen MR) is 102 cm³/mol. The highest BCUT2D eigenvalue weighted by atomic mass is 35.5. The van der Waals surface area contributed by atoms with Gasteiger partial charge in [0.25, 0.3) is 0 Å². The Kier molecular flexibility index (Phi) is 6.83. The molecule has 0 fully saturated rings. The lowest BCUT2D eigenvalue weighted by atomic mass is 10.1. The van der Waals surface area contributed by atoms with Gasteiger partial charge in [-0.25, -0.2) is 0 Å². The first-order chi connectivity index (χ1) is 11.9. The number of halogens is 1. The lowest BCUT2D eigenvalue weighted by Gasteiger charge is -2.10. The molecule has 2 amide bonds. The van der Waals surface area contributed by atoms with Crippen LogP contribution in [-0.2, 0) is 16.0 Å². The molecule has 0 atom stereocenters. The van der Waals surface area contributed by atoms with Gasteiger partial charge in [0.15, 0.2) is 0 Å². The largest absolute Gasteiger partial charge is 0.376 e. The third kappa shape index (κ3) is 6.47. The number of aryl methyl sites for hydroxylation is 1. The predicted octanol–water partition coefficient (Wildman–Crippen LogP) is 3.41. The maximum absolute atomic E-state index is 12.0. The van der Waals surface area contributed by atoms with Gasteiger partial charge in [0.1, 0.15) is 0 Å². The van der Waals surface area contributed by atoms with Gasteiger partial charge < -0.3 is 15.5 Å². The second-order valence-electron chi connectivity index (χ2n) is 5.90. The Morgan fingerprint density at radius 3 is 2.40 bits per heavy atom. The zero-order chi connectivity index (χ0) is 18.2. The molecular weight excluding hydrogens is 338 g/mol. The van der Waals surface area contributed by atoms with Crippen LogP contribution in [0, 0.1) is 0 Å². The average Bonchev–Trinajstić information content (AvgIpc) is 2.59. The summed E-state index contributed by atoms with van der Waals surface area (Å²) in [6, 6.07) is 14.7. The van der Waals surface area contributed by atoms with E-state index in [1.165, 1.54) is 0 Å². The Balaban J connectivity index is 1.80. The molecule has 2 aromatic rings. The summed E-state index contributed by atoms with van der Waals surface area (Å²) in [7, 11) is 3.50. The van der Waals surface area contributed by atoms with Crippen molar-refractivity contribution in [3.05, 3.63) is 59.1 Å². The van der Waals surface area contributed by atoms with Crippen LogP contribution in [0.3, 0.4) is 0 Å². The van der Waals surface area contributed by atoms with E-state index in [2.05, 4.69) is 10.6 Å². The maximum Gasteiger partial charge on any atom is 0.243 e. The molecular formula is C19H22ClN3O2. The normalized spacial score (nSPS) is 10.2. The highest BCUT2D eigenvalue weighted by molar-refractivity contribution is 6.30. The molecule has 0 aliphatic carbocycles. The van der Waals surface area contributed by atoms with Gasteiger partial charge >= 0.3 is 0 Å². The first-order valence-electron chi connectivity index (χ1n) is 8.02. The van der Waals surface area contributed by atoms with Crippen molar-refractivity contribution in [1.29, 1.82) is 0 Å². The van der Waals surface area contributed by atoms with Gasteiger partial charge in [-0.2, -0.15) is 0 Å². The Hall–Kier alpha value is -2.53. The van der Waals surface area contributed by atoms with Gasteiger partial charge in [0.2, 0.25) is 11.8 Å². The third-order valence-electron chi connectivity index (χ3n) is 3.64. The highest BCUT2D eigenvalue weighted by Gasteiger charge is 2.06. The molecule has 5 nitrogen and oxygen atoms in total. The summed E-state index contributed by atoms with van der Waals surface area (Å²) in [5, 5.41) is 6.47. The van der Waals surface area contributed by atoms with Crippen LogP contribution in [0.15, 0.2) is 48.5 Å². The minimum atomic E-state index is -0.143. The van der Waals surface area contributed by atoms with Crippen molar-refractivity contribution >= 4 is 34.8 Å². The average molecular weight is 360 g/mol. The van der Waals surface area contributed by atoms with Crippen molar-refractivity contribution in [1.82, 2.24) is 4.90 Å². The fraction of sp³-hybridized carbons (Fsp3) is 0.263. The van der Waals surface area contributed by atoms with Gasteiger partial charge in [0, 0.05) is 36.9 Å². The highest BCUT2D eigenvalue weighted by Crippen LogP contribution is 2.15. The standard InChI is InChI=1S/C19H22ClN3O2/c1-23(2)19(25)11-8-14-6-9-16(10-7-14)22-18(24)13-21-17-5-3-4-15(20)12-17/h3-7,9-10,12,21H,8,11,13H2,1-2H3,(H,22,24). The van der Waals surface area contributed by atoms with Crippen LogP contribution in [0.4, 0.5) is 11.4 Å². The van der Waals surface area contributed by atoms with Gasteiger partial charge in [-0.05, 0) is 42.3 Å². The van der Waals surface area contributed by atoms with Crippen LogP contribution in [0.5, 0.6) is 0 Å². The molecule has 6 heteroatoms. The Bertz CT molecular complexity index is 730. The minimum Gasteiger partial charge on any atom is -0.376 e. The second kappa shape index (κ2) is 9.08. The minimum absolute atomic E-state index is 0.101. The van der Waals surface area contributed by atoms with Gasteiger partial charge in [-0.1, -0.05) is 29.8 Å². The lowest BCUT2D eigenvalue weighted by Crippen LogP contribution is -2.22. The number of benzene rings is 2. The fourth-order valence-corrected chi connectivity index (χ4v) is 2.41. The number of nitrogens with zero attached hydrogens (tertiary/aromatic N) is 1. The van der Waals surface area contributed by atoms with Crippen molar-refractivity contribution in [2.45, 2.75) is 12.8 Å². The van der Waals surface area contributed by atoms with Gasteiger partial charge in [0.05, 0.1) is 6.54 Å². The quantitative estimate of drug-likeness (QED) is 0.796. The summed E-state index contributed by atoms with van der Waals surface area (Å²) < 4.78 is 0. The second-order valence-corrected chi connectivity index (χ2v) is 6.33. The van der Waals surface area contributed by atoms with E-state index in [0.717, 1.165) is 16.9 Å². The number of anilines is 2. The van der Waals surface area contributed by atoms with Gasteiger partial charge in [-0.15, -0.1) is 0 Å². The molecule has 2 rings (SSSR count). The molecule has 0 spiro atoms. The van der Waals surface area contributed by atoms with Gasteiger partial charge in [-0.3, -0.25) is 9.59 Å². The molecule has 25 heavy (non-hydrogen) atoms. The van der Waals surface area contributed by atoms with Crippen LogP contribution < -0.4 is 10.6 Å². The first-order valence-corrected chi connectivity index (χ1v) is 8.40. The molecule has 0 heterocycles. The SMILES string of the molecule is CN(C)C(=O)CCc1ccc(NC(=O)CNc2cccc(Cl)c2)cc1. The smallest absolute Gasteiger partial charge is 0.243 e. The van der Waals surface area contributed by atoms with E-state index < -0.39 is 0 Å². The molecule has 132 valence electrons. The van der Waals surface area contributed by atoms with E-state index in [0.29, 0.717) is 17.9 Å². The zero-order valence-electron chi connectivity index (χ0n) is 14.4. The van der Waals surface area contributed by atoms with Crippen molar-refractivity contribution in [3.8, 4) is 0 Å². The molecule has 0 radical (unpaired) electrons. The van der Waals surface area contributed by atoms with Crippen LogP contribution in [0.2, 0.25) is 5.02 Å². The molecule has 2 N–H and O–H groups in total. The molecule has 0 aliphatic heterocycles. The molecule has 0 saturated heterocycles. The lowest BCUT2D eigenvalue weighted by molar-refractivity contribution is -0.128. The topological polar surface area (TPSA) is 61.4 Å². The number of rotatable bonds is 7. The molecule has 0 unspecified atom stereocenters. The molecule has 0 saturated carbocycles. The summed E-state index contributed by atoms with van der Waals surface area (Å²) in [6.45, 7) is 0.152. The van der Waals surface area contributed by atoms with E-state index in [1.54, 1.807) is 31.1 Å². The molecule has 0 aromatic heterocycles. The monoisotopic (exact) mass is 359 g/mol. The number of amides is 2. The van der Waals surface area contributed by atoms with E-state index in [9.17, 15) is 9.59 Å². The Labute approximate surface area is 153 Å². The number of carbonyl (C=O) groups excluding carboxylic acids is 2. The molecule has 0 bridgehead atoms. The van der Waals surface area contributed by atoms with E-state index >= 15 is 0 Å². The third-order valence-corrected chi connectivity index (χ3v) is 3.88. The summed E-state index contributed by atoms with van der Waals surface area (Å²) >= 11 is 5.90. The first kappa shape index (κ1) is 18.8.